The Morgan fingerprint density at radius 3 is 2.33 bits per heavy atom. The number of nitrogens with one attached hydrogen (secondary N) is 1. The number of rotatable bonds is 5. The zero-order chi connectivity index (χ0) is 19.4. The van der Waals surface area contributed by atoms with E-state index in [1.165, 1.54) is 11.1 Å². The molecule has 0 aliphatic carbocycles. The molecule has 0 radical (unpaired) electrons. The molecular weight excluding hydrogens is 334 g/mol. The summed E-state index contributed by atoms with van der Waals surface area (Å²) >= 11 is 0. The molecule has 0 aliphatic rings. The van der Waals surface area contributed by atoms with Gasteiger partial charge < -0.3 is 10.2 Å². The van der Waals surface area contributed by atoms with Crippen molar-refractivity contribution in [2.75, 3.05) is 17.3 Å². The summed E-state index contributed by atoms with van der Waals surface area (Å²) in [6, 6.07) is 16.3. The molecule has 1 aromatic heterocycles. The molecule has 0 aliphatic heterocycles. The fraction of sp³-hybridized carbons (Fsp3) is 0.217. The summed E-state index contributed by atoms with van der Waals surface area (Å²) in [5, 5.41) is 3.04. The Balaban J connectivity index is 1.78. The molecule has 0 bridgehead atoms. The Morgan fingerprint density at radius 1 is 1.00 bits per heavy atom. The summed E-state index contributed by atoms with van der Waals surface area (Å²) in [6.07, 6.45) is 3.39. The van der Waals surface area contributed by atoms with Gasteiger partial charge in [-0.1, -0.05) is 48.0 Å². The van der Waals surface area contributed by atoms with Gasteiger partial charge in [0.1, 0.15) is 0 Å². The molecule has 4 heteroatoms. The number of pyridine rings is 1. The first-order valence-corrected chi connectivity index (χ1v) is 9.03. The predicted octanol–water partition coefficient (Wildman–Crippen LogP) is 4.90. The lowest BCUT2D eigenvalue weighted by Crippen LogP contribution is -2.19. The Kier molecular flexibility index (Phi) is 5.55. The maximum absolute atomic E-state index is 12.8. The van der Waals surface area contributed by atoms with Crippen molar-refractivity contribution >= 4 is 17.3 Å². The number of carbonyl (C=O) groups is 1. The van der Waals surface area contributed by atoms with E-state index in [0.29, 0.717) is 5.56 Å². The summed E-state index contributed by atoms with van der Waals surface area (Å²) in [7, 11) is 2.00. The number of hydrogen-bond donors (Lipinski definition) is 1. The van der Waals surface area contributed by atoms with Crippen molar-refractivity contribution < 1.29 is 4.79 Å². The van der Waals surface area contributed by atoms with E-state index in [2.05, 4.69) is 46.4 Å². The van der Waals surface area contributed by atoms with E-state index in [1.807, 2.05) is 45.2 Å². The third-order valence-electron chi connectivity index (χ3n) is 4.60. The predicted molar refractivity (Wildman–Crippen MR) is 111 cm³/mol. The van der Waals surface area contributed by atoms with E-state index in [4.69, 9.17) is 0 Å². The largest absolute Gasteiger partial charge is 0.369 e. The Labute approximate surface area is 160 Å². The summed E-state index contributed by atoms with van der Waals surface area (Å²) in [4.78, 5) is 19.1. The molecular formula is C23H25N3O. The van der Waals surface area contributed by atoms with E-state index in [-0.39, 0.29) is 5.91 Å². The molecule has 3 aromatic rings. The van der Waals surface area contributed by atoms with Gasteiger partial charge in [-0.2, -0.15) is 0 Å². The van der Waals surface area contributed by atoms with Gasteiger partial charge in [-0.3, -0.25) is 9.78 Å². The zero-order valence-electron chi connectivity index (χ0n) is 16.3. The Hall–Kier alpha value is -3.14. The fourth-order valence-electron chi connectivity index (χ4n) is 3.27. The second-order valence-electron chi connectivity index (χ2n) is 7.00. The van der Waals surface area contributed by atoms with Crippen LogP contribution in [0.15, 0.2) is 60.9 Å². The molecule has 2 aromatic carbocycles. The SMILES string of the molecule is Cc1cc(C)c(NC(=O)c2cncc(N(C)Cc3ccccc3)c2)c(C)c1. The van der Waals surface area contributed by atoms with Gasteiger partial charge in [0.2, 0.25) is 0 Å². The van der Waals surface area contributed by atoms with E-state index in [9.17, 15) is 4.79 Å². The molecule has 1 heterocycles. The van der Waals surface area contributed by atoms with Crippen LogP contribution >= 0.6 is 0 Å². The monoisotopic (exact) mass is 359 g/mol. The number of hydrogen-bond acceptors (Lipinski definition) is 3. The van der Waals surface area contributed by atoms with Crippen molar-refractivity contribution in [2.45, 2.75) is 27.3 Å². The van der Waals surface area contributed by atoms with Gasteiger partial charge in [-0.05, 0) is 43.5 Å². The van der Waals surface area contributed by atoms with Crippen molar-refractivity contribution in [3.63, 3.8) is 0 Å². The highest BCUT2D eigenvalue weighted by molar-refractivity contribution is 6.05. The van der Waals surface area contributed by atoms with Gasteiger partial charge in [-0.15, -0.1) is 0 Å². The smallest absolute Gasteiger partial charge is 0.257 e. The number of benzene rings is 2. The van der Waals surface area contributed by atoms with E-state index >= 15 is 0 Å². The van der Waals surface area contributed by atoms with E-state index in [0.717, 1.165) is 29.0 Å². The van der Waals surface area contributed by atoms with Crippen molar-refractivity contribution in [1.29, 1.82) is 0 Å². The summed E-state index contributed by atoms with van der Waals surface area (Å²) < 4.78 is 0. The minimum atomic E-state index is -0.146. The van der Waals surface area contributed by atoms with Crippen LogP contribution in [0.4, 0.5) is 11.4 Å². The van der Waals surface area contributed by atoms with Crippen LogP contribution < -0.4 is 10.2 Å². The zero-order valence-corrected chi connectivity index (χ0v) is 16.3. The first kappa shape index (κ1) is 18.6. The Bertz CT molecular complexity index is 928. The van der Waals surface area contributed by atoms with Crippen molar-refractivity contribution in [1.82, 2.24) is 4.98 Å². The van der Waals surface area contributed by atoms with Crippen LogP contribution in [0.25, 0.3) is 0 Å². The van der Waals surface area contributed by atoms with Gasteiger partial charge in [-0.25, -0.2) is 0 Å². The standard InChI is InChI=1S/C23H25N3O/c1-16-10-17(2)22(18(3)11-16)25-23(27)20-12-21(14-24-13-20)26(4)15-19-8-6-5-7-9-19/h5-14H,15H2,1-4H3,(H,25,27). The highest BCUT2D eigenvalue weighted by Gasteiger charge is 2.12. The summed E-state index contributed by atoms with van der Waals surface area (Å²) in [5.74, 6) is -0.146. The molecule has 0 spiro atoms. The van der Waals surface area contributed by atoms with Crippen molar-refractivity contribution in [3.8, 4) is 0 Å². The quantitative estimate of drug-likeness (QED) is 0.705. The highest BCUT2D eigenvalue weighted by Crippen LogP contribution is 2.23. The van der Waals surface area contributed by atoms with Gasteiger partial charge in [0, 0.05) is 25.5 Å². The van der Waals surface area contributed by atoms with Gasteiger partial charge in [0.25, 0.3) is 5.91 Å². The third kappa shape index (κ3) is 4.53. The van der Waals surface area contributed by atoms with E-state index < -0.39 is 0 Å². The molecule has 27 heavy (non-hydrogen) atoms. The van der Waals surface area contributed by atoms with Crippen LogP contribution in [-0.2, 0) is 6.54 Å². The minimum absolute atomic E-state index is 0.146. The number of aryl methyl sites for hydroxylation is 3. The molecule has 0 fully saturated rings. The molecule has 0 unspecified atom stereocenters. The second kappa shape index (κ2) is 8.04. The van der Waals surface area contributed by atoms with Crippen LogP contribution in [0.1, 0.15) is 32.6 Å². The number of carbonyl (C=O) groups excluding carboxylic acids is 1. The Morgan fingerprint density at radius 2 is 1.67 bits per heavy atom. The van der Waals surface area contributed by atoms with Gasteiger partial charge >= 0.3 is 0 Å². The average Bonchev–Trinajstić information content (AvgIpc) is 2.65. The van der Waals surface area contributed by atoms with Crippen molar-refractivity contribution in [2.24, 2.45) is 0 Å². The van der Waals surface area contributed by atoms with E-state index in [1.54, 1.807) is 12.4 Å². The molecule has 138 valence electrons. The third-order valence-corrected chi connectivity index (χ3v) is 4.60. The van der Waals surface area contributed by atoms with Crippen LogP contribution in [-0.4, -0.2) is 17.9 Å². The first-order chi connectivity index (χ1) is 12.9. The maximum atomic E-state index is 12.8. The van der Waals surface area contributed by atoms with Crippen molar-refractivity contribution in [3.05, 3.63) is 88.7 Å². The summed E-state index contributed by atoms with van der Waals surface area (Å²) in [6.45, 7) is 6.83. The average molecular weight is 359 g/mol. The molecule has 1 amide bonds. The lowest BCUT2D eigenvalue weighted by atomic mass is 10.0. The van der Waals surface area contributed by atoms with Crippen LogP contribution in [0.2, 0.25) is 0 Å². The fourth-order valence-corrected chi connectivity index (χ4v) is 3.27. The highest BCUT2D eigenvalue weighted by atomic mass is 16.1. The molecule has 1 N–H and O–H groups in total. The topological polar surface area (TPSA) is 45.2 Å². The normalized spacial score (nSPS) is 10.5. The lowest BCUT2D eigenvalue weighted by molar-refractivity contribution is 0.102. The van der Waals surface area contributed by atoms with Crippen LogP contribution in [0.5, 0.6) is 0 Å². The number of amides is 1. The second-order valence-corrected chi connectivity index (χ2v) is 7.00. The first-order valence-electron chi connectivity index (χ1n) is 9.03. The number of anilines is 2. The van der Waals surface area contributed by atoms with Crippen LogP contribution in [0, 0.1) is 20.8 Å². The van der Waals surface area contributed by atoms with Gasteiger partial charge in [0.15, 0.2) is 0 Å². The number of nitrogens with zero attached hydrogens (tertiary/aromatic N) is 2. The molecule has 3 rings (SSSR count). The molecule has 0 saturated carbocycles. The minimum Gasteiger partial charge on any atom is -0.369 e. The lowest BCUT2D eigenvalue weighted by Gasteiger charge is -2.20. The summed E-state index contributed by atoms with van der Waals surface area (Å²) in [5.41, 5.74) is 6.84. The molecule has 0 atom stereocenters. The van der Waals surface area contributed by atoms with Crippen LogP contribution in [0.3, 0.4) is 0 Å². The maximum Gasteiger partial charge on any atom is 0.257 e. The number of aromatic nitrogens is 1. The molecule has 4 nitrogen and oxygen atoms in total. The van der Waals surface area contributed by atoms with Gasteiger partial charge in [0.05, 0.1) is 17.4 Å². The molecule has 0 saturated heterocycles.